The van der Waals surface area contributed by atoms with Crippen molar-refractivity contribution < 1.29 is 0 Å². The largest absolute Gasteiger partial charge is 0.323 e. The minimum absolute atomic E-state index is 0.308. The van der Waals surface area contributed by atoms with Gasteiger partial charge in [-0.1, -0.05) is 6.07 Å². The first-order valence-corrected chi connectivity index (χ1v) is 5.69. The lowest BCUT2D eigenvalue weighted by Crippen LogP contribution is -1.86. The van der Waals surface area contributed by atoms with Crippen molar-refractivity contribution in [2.45, 2.75) is 5.37 Å². The van der Waals surface area contributed by atoms with Crippen LogP contribution in [0.2, 0.25) is 0 Å². The molecule has 0 saturated carbocycles. The summed E-state index contributed by atoms with van der Waals surface area (Å²) >= 11 is 1.88. The molecule has 0 fully saturated rings. The Bertz CT molecular complexity index is 487. The fraction of sp³-hybridized carbons (Fsp3) is 0.182. The van der Waals surface area contributed by atoms with Crippen LogP contribution in [0.4, 0.5) is 0 Å². The fourth-order valence-corrected chi connectivity index (χ4v) is 2.68. The molecule has 0 radical (unpaired) electrons. The molecule has 3 heteroatoms. The number of nitrogens with zero attached hydrogens (tertiary/aromatic N) is 2. The lowest BCUT2D eigenvalue weighted by molar-refractivity contribution is 1.07. The second kappa shape index (κ2) is 3.17. The highest BCUT2D eigenvalue weighted by molar-refractivity contribution is 8.00. The third-order valence-corrected chi connectivity index (χ3v) is 3.47. The van der Waals surface area contributed by atoms with Crippen LogP contribution in [0.1, 0.15) is 10.9 Å². The Labute approximate surface area is 86.7 Å². The molecule has 0 aliphatic carbocycles. The molecule has 0 spiro atoms. The Morgan fingerprint density at radius 1 is 1.29 bits per heavy atom. The first kappa shape index (κ1) is 8.12. The van der Waals surface area contributed by atoms with Crippen molar-refractivity contribution in [1.29, 1.82) is 0 Å². The molecule has 14 heavy (non-hydrogen) atoms. The van der Waals surface area contributed by atoms with Crippen LogP contribution in [0.5, 0.6) is 0 Å². The summed E-state index contributed by atoms with van der Waals surface area (Å²) in [5.74, 6) is 1.04. The number of hydrogen-bond acceptors (Lipinski definition) is 2. The molecule has 70 valence electrons. The minimum atomic E-state index is 0.308. The standard InChI is InChI=1S/C11H10N2S/c1-2-6-13-7-4-9(10(13)3-1)11-12-5-8-14-11/h1-7,11H,8H2. The average Bonchev–Trinajstić information content (AvgIpc) is 2.85. The van der Waals surface area contributed by atoms with E-state index in [1.165, 1.54) is 11.1 Å². The van der Waals surface area contributed by atoms with Gasteiger partial charge in [0.25, 0.3) is 0 Å². The molecule has 0 amide bonds. The Morgan fingerprint density at radius 2 is 2.29 bits per heavy atom. The SMILES string of the molecule is C1=NC(c2ccn3ccccc23)SC1. The zero-order chi connectivity index (χ0) is 9.38. The maximum absolute atomic E-state index is 4.45. The summed E-state index contributed by atoms with van der Waals surface area (Å²) in [6, 6.07) is 8.42. The number of fused-ring (bicyclic) bond motifs is 1. The normalized spacial score (nSPS) is 20.7. The summed E-state index contributed by atoms with van der Waals surface area (Å²) in [6.07, 6.45) is 6.17. The number of aliphatic imine (C=N–C) groups is 1. The van der Waals surface area contributed by atoms with Crippen LogP contribution >= 0.6 is 11.8 Å². The van der Waals surface area contributed by atoms with Crippen LogP contribution < -0.4 is 0 Å². The molecule has 0 N–H and O–H groups in total. The van der Waals surface area contributed by atoms with Crippen molar-refractivity contribution in [2.75, 3.05) is 5.75 Å². The van der Waals surface area contributed by atoms with Gasteiger partial charge in [0.15, 0.2) is 0 Å². The van der Waals surface area contributed by atoms with E-state index < -0.39 is 0 Å². The maximum Gasteiger partial charge on any atom is 0.122 e. The third kappa shape index (κ3) is 1.16. The summed E-state index contributed by atoms with van der Waals surface area (Å²) in [7, 11) is 0. The summed E-state index contributed by atoms with van der Waals surface area (Å²) in [6.45, 7) is 0. The van der Waals surface area contributed by atoms with Crippen molar-refractivity contribution in [3.8, 4) is 0 Å². The predicted molar refractivity (Wildman–Crippen MR) is 61.1 cm³/mol. The predicted octanol–water partition coefficient (Wildman–Crippen LogP) is 2.76. The van der Waals surface area contributed by atoms with Crippen molar-refractivity contribution in [3.63, 3.8) is 0 Å². The van der Waals surface area contributed by atoms with Gasteiger partial charge in [-0.2, -0.15) is 0 Å². The summed E-state index contributed by atoms with van der Waals surface area (Å²) in [5, 5.41) is 0.308. The van der Waals surface area contributed by atoms with E-state index in [9.17, 15) is 0 Å². The fourth-order valence-electron chi connectivity index (χ4n) is 1.77. The second-order valence-corrected chi connectivity index (χ2v) is 4.39. The van der Waals surface area contributed by atoms with Crippen LogP contribution in [0, 0.1) is 0 Å². The highest BCUT2D eigenvalue weighted by Gasteiger charge is 2.16. The van der Waals surface area contributed by atoms with Crippen LogP contribution in [-0.2, 0) is 0 Å². The number of aromatic nitrogens is 1. The Hall–Kier alpha value is -1.22. The molecule has 1 atom stereocenters. The highest BCUT2D eigenvalue weighted by atomic mass is 32.2. The number of rotatable bonds is 1. The van der Waals surface area contributed by atoms with Crippen LogP contribution in [0.15, 0.2) is 41.7 Å². The zero-order valence-corrected chi connectivity index (χ0v) is 8.45. The first-order valence-electron chi connectivity index (χ1n) is 4.64. The third-order valence-electron chi connectivity index (χ3n) is 2.44. The molecule has 0 bridgehead atoms. The average molecular weight is 202 g/mol. The topological polar surface area (TPSA) is 16.8 Å². The van der Waals surface area contributed by atoms with Gasteiger partial charge in [0.05, 0.1) is 5.52 Å². The molecule has 2 aromatic rings. The van der Waals surface area contributed by atoms with E-state index in [1.54, 1.807) is 0 Å². The Morgan fingerprint density at radius 3 is 3.14 bits per heavy atom. The zero-order valence-electron chi connectivity index (χ0n) is 7.63. The molecule has 0 saturated heterocycles. The van der Waals surface area contributed by atoms with Crippen molar-refractivity contribution in [1.82, 2.24) is 4.40 Å². The quantitative estimate of drug-likeness (QED) is 0.694. The van der Waals surface area contributed by atoms with Gasteiger partial charge < -0.3 is 4.40 Å². The molecule has 1 aliphatic heterocycles. The van der Waals surface area contributed by atoms with E-state index in [-0.39, 0.29) is 0 Å². The summed E-state index contributed by atoms with van der Waals surface area (Å²) < 4.78 is 2.14. The second-order valence-electron chi connectivity index (χ2n) is 3.28. The molecule has 3 heterocycles. The maximum atomic E-state index is 4.45. The Kier molecular flexibility index (Phi) is 1.84. The van der Waals surface area contributed by atoms with Gasteiger partial charge in [0.2, 0.25) is 0 Å². The van der Waals surface area contributed by atoms with Crippen LogP contribution in [0.25, 0.3) is 5.52 Å². The van der Waals surface area contributed by atoms with Gasteiger partial charge >= 0.3 is 0 Å². The lowest BCUT2D eigenvalue weighted by atomic mass is 10.2. The van der Waals surface area contributed by atoms with E-state index in [0.29, 0.717) is 5.37 Å². The van der Waals surface area contributed by atoms with Crippen molar-refractivity contribution in [2.24, 2.45) is 4.99 Å². The molecular weight excluding hydrogens is 192 g/mol. The van der Waals surface area contributed by atoms with Crippen LogP contribution in [0.3, 0.4) is 0 Å². The number of thioether (sulfide) groups is 1. The van der Waals surface area contributed by atoms with Gasteiger partial charge in [-0.15, -0.1) is 11.8 Å². The van der Waals surface area contributed by atoms with Gasteiger partial charge in [-0.3, -0.25) is 4.99 Å². The van der Waals surface area contributed by atoms with Gasteiger partial charge in [0.1, 0.15) is 5.37 Å². The number of hydrogen-bond donors (Lipinski definition) is 0. The molecule has 2 nitrogen and oxygen atoms in total. The summed E-state index contributed by atoms with van der Waals surface area (Å²) in [4.78, 5) is 4.45. The summed E-state index contributed by atoms with van der Waals surface area (Å²) in [5.41, 5.74) is 2.59. The van der Waals surface area contributed by atoms with E-state index in [4.69, 9.17) is 0 Å². The van der Waals surface area contributed by atoms with E-state index in [0.717, 1.165) is 5.75 Å². The van der Waals surface area contributed by atoms with E-state index in [2.05, 4.69) is 40.0 Å². The van der Waals surface area contributed by atoms with Gasteiger partial charge in [-0.25, -0.2) is 0 Å². The van der Waals surface area contributed by atoms with Gasteiger partial charge in [0, 0.05) is 29.9 Å². The lowest BCUT2D eigenvalue weighted by Gasteiger charge is -2.04. The molecule has 0 aromatic carbocycles. The van der Waals surface area contributed by atoms with E-state index in [1.807, 2.05) is 24.0 Å². The molecule has 1 unspecified atom stereocenters. The van der Waals surface area contributed by atoms with Gasteiger partial charge in [-0.05, 0) is 18.2 Å². The Balaban J connectivity index is 2.16. The monoisotopic (exact) mass is 202 g/mol. The molecule has 3 rings (SSSR count). The minimum Gasteiger partial charge on any atom is -0.323 e. The molecule has 1 aliphatic rings. The number of pyridine rings is 1. The first-order chi connectivity index (χ1) is 6.95. The van der Waals surface area contributed by atoms with Crippen molar-refractivity contribution in [3.05, 3.63) is 42.2 Å². The van der Waals surface area contributed by atoms with Crippen molar-refractivity contribution >= 4 is 23.5 Å². The van der Waals surface area contributed by atoms with Crippen LogP contribution in [-0.4, -0.2) is 16.4 Å². The molecule has 2 aromatic heterocycles. The smallest absolute Gasteiger partial charge is 0.122 e. The highest BCUT2D eigenvalue weighted by Crippen LogP contribution is 2.35. The molecular formula is C11H10N2S. The van der Waals surface area contributed by atoms with E-state index >= 15 is 0 Å².